The standard InChI is InChI=1S/C13H13FIN3/c1-2-3-10-11(15)12(16)18-13(17-10)8-4-6-9(14)7-5-8/h4-7H,2-3H2,1H3,(H2,16,17,18). The molecule has 1 heterocycles. The topological polar surface area (TPSA) is 51.8 Å². The molecule has 18 heavy (non-hydrogen) atoms. The van der Waals surface area contributed by atoms with Gasteiger partial charge in [0.05, 0.1) is 9.26 Å². The van der Waals surface area contributed by atoms with Gasteiger partial charge in [0.15, 0.2) is 5.82 Å². The first-order chi connectivity index (χ1) is 8.61. The minimum absolute atomic E-state index is 0.272. The molecule has 2 N–H and O–H groups in total. The predicted molar refractivity (Wildman–Crippen MR) is 78.6 cm³/mol. The molecule has 2 aromatic rings. The molecular weight excluding hydrogens is 344 g/mol. The van der Waals surface area contributed by atoms with Gasteiger partial charge in [-0.1, -0.05) is 13.3 Å². The number of benzene rings is 1. The van der Waals surface area contributed by atoms with Gasteiger partial charge in [0.25, 0.3) is 0 Å². The number of nitrogens with zero attached hydrogens (tertiary/aromatic N) is 2. The molecule has 0 atom stereocenters. The molecule has 0 radical (unpaired) electrons. The van der Waals surface area contributed by atoms with Crippen molar-refractivity contribution >= 4 is 28.4 Å². The van der Waals surface area contributed by atoms with Crippen LogP contribution in [-0.2, 0) is 6.42 Å². The van der Waals surface area contributed by atoms with Gasteiger partial charge in [-0.15, -0.1) is 0 Å². The van der Waals surface area contributed by atoms with E-state index in [4.69, 9.17) is 5.73 Å². The van der Waals surface area contributed by atoms with Gasteiger partial charge >= 0.3 is 0 Å². The number of aromatic nitrogens is 2. The lowest BCUT2D eigenvalue weighted by atomic mass is 10.2. The molecule has 94 valence electrons. The SMILES string of the molecule is CCCc1nc(-c2ccc(F)cc2)nc(N)c1I. The van der Waals surface area contributed by atoms with Gasteiger partial charge in [0.2, 0.25) is 0 Å². The first-order valence-corrected chi connectivity index (χ1v) is 6.77. The molecule has 2 rings (SSSR count). The zero-order valence-corrected chi connectivity index (χ0v) is 12.1. The van der Waals surface area contributed by atoms with E-state index in [0.717, 1.165) is 27.7 Å². The number of rotatable bonds is 3. The predicted octanol–water partition coefficient (Wildman–Crippen LogP) is 3.42. The number of nitrogen functional groups attached to an aromatic ring is 1. The van der Waals surface area contributed by atoms with Crippen molar-refractivity contribution in [3.63, 3.8) is 0 Å². The maximum atomic E-state index is 12.9. The number of nitrogens with two attached hydrogens (primary N) is 1. The van der Waals surface area contributed by atoms with Crippen LogP contribution in [0.4, 0.5) is 10.2 Å². The van der Waals surface area contributed by atoms with Gasteiger partial charge < -0.3 is 5.73 Å². The van der Waals surface area contributed by atoms with Crippen LogP contribution in [0.15, 0.2) is 24.3 Å². The minimum atomic E-state index is -0.272. The summed E-state index contributed by atoms with van der Waals surface area (Å²) in [5, 5.41) is 0. The van der Waals surface area contributed by atoms with Crippen LogP contribution < -0.4 is 5.73 Å². The number of halogens is 2. The normalized spacial score (nSPS) is 10.6. The lowest BCUT2D eigenvalue weighted by Gasteiger charge is -2.08. The maximum Gasteiger partial charge on any atom is 0.161 e. The van der Waals surface area contributed by atoms with Crippen LogP contribution >= 0.6 is 22.6 Å². The van der Waals surface area contributed by atoms with E-state index in [1.165, 1.54) is 12.1 Å². The second-order valence-electron chi connectivity index (χ2n) is 3.95. The van der Waals surface area contributed by atoms with Crippen molar-refractivity contribution in [2.24, 2.45) is 0 Å². The summed E-state index contributed by atoms with van der Waals surface area (Å²) in [6.45, 7) is 2.09. The van der Waals surface area contributed by atoms with Crippen molar-refractivity contribution in [3.8, 4) is 11.4 Å². The highest BCUT2D eigenvalue weighted by atomic mass is 127. The fraction of sp³-hybridized carbons (Fsp3) is 0.231. The Morgan fingerprint density at radius 3 is 2.50 bits per heavy atom. The molecule has 1 aromatic heterocycles. The van der Waals surface area contributed by atoms with Crippen molar-refractivity contribution in [1.82, 2.24) is 9.97 Å². The summed E-state index contributed by atoms with van der Waals surface area (Å²) >= 11 is 2.16. The molecule has 0 saturated heterocycles. The molecule has 0 aliphatic rings. The maximum absolute atomic E-state index is 12.9. The van der Waals surface area contributed by atoms with Crippen molar-refractivity contribution < 1.29 is 4.39 Å². The Labute approximate surface area is 119 Å². The molecule has 0 aliphatic carbocycles. The van der Waals surface area contributed by atoms with Crippen LogP contribution in [0, 0.1) is 9.39 Å². The van der Waals surface area contributed by atoms with Gasteiger partial charge in [-0.3, -0.25) is 0 Å². The molecule has 5 heteroatoms. The first kappa shape index (κ1) is 13.2. The Bertz CT molecular complexity index is 555. The van der Waals surface area contributed by atoms with Crippen LogP contribution in [-0.4, -0.2) is 9.97 Å². The van der Waals surface area contributed by atoms with Crippen LogP contribution in [0.1, 0.15) is 19.0 Å². The number of anilines is 1. The molecule has 1 aromatic carbocycles. The zero-order valence-electron chi connectivity index (χ0n) is 9.95. The second kappa shape index (κ2) is 5.60. The van der Waals surface area contributed by atoms with E-state index < -0.39 is 0 Å². The highest BCUT2D eigenvalue weighted by Gasteiger charge is 2.10. The third-order valence-electron chi connectivity index (χ3n) is 2.53. The van der Waals surface area contributed by atoms with Gasteiger partial charge in [0.1, 0.15) is 11.6 Å². The summed E-state index contributed by atoms with van der Waals surface area (Å²) in [7, 11) is 0. The van der Waals surface area contributed by atoms with Crippen molar-refractivity contribution in [2.75, 3.05) is 5.73 Å². The summed E-state index contributed by atoms with van der Waals surface area (Å²) in [5.74, 6) is 0.760. The molecule has 0 bridgehead atoms. The summed E-state index contributed by atoms with van der Waals surface area (Å²) in [5.41, 5.74) is 7.61. The van der Waals surface area contributed by atoms with Gasteiger partial charge in [0, 0.05) is 5.56 Å². The van der Waals surface area contributed by atoms with Crippen molar-refractivity contribution in [1.29, 1.82) is 0 Å². The Hall–Kier alpha value is -1.24. The van der Waals surface area contributed by atoms with Crippen LogP contribution in [0.5, 0.6) is 0 Å². The summed E-state index contributed by atoms with van der Waals surface area (Å²) in [6, 6.07) is 6.11. The molecule has 0 unspecified atom stereocenters. The molecule has 0 aliphatic heterocycles. The van der Waals surface area contributed by atoms with Crippen molar-refractivity contribution in [2.45, 2.75) is 19.8 Å². The summed E-state index contributed by atoms with van der Waals surface area (Å²) in [6.07, 6.45) is 1.86. The van der Waals surface area contributed by atoms with E-state index in [2.05, 4.69) is 39.5 Å². The first-order valence-electron chi connectivity index (χ1n) is 5.69. The molecule has 3 nitrogen and oxygen atoms in total. The van der Waals surface area contributed by atoms with Crippen LogP contribution in [0.2, 0.25) is 0 Å². The Morgan fingerprint density at radius 2 is 1.89 bits per heavy atom. The monoisotopic (exact) mass is 357 g/mol. The van der Waals surface area contributed by atoms with E-state index in [0.29, 0.717) is 11.6 Å². The van der Waals surface area contributed by atoms with Crippen molar-refractivity contribution in [3.05, 3.63) is 39.3 Å². The minimum Gasteiger partial charge on any atom is -0.383 e. The Morgan fingerprint density at radius 1 is 1.22 bits per heavy atom. The molecular formula is C13H13FIN3. The Balaban J connectivity index is 2.48. The number of aryl methyl sites for hydroxylation is 1. The average Bonchev–Trinajstić information content (AvgIpc) is 2.36. The number of hydrogen-bond acceptors (Lipinski definition) is 3. The number of hydrogen-bond donors (Lipinski definition) is 1. The quantitative estimate of drug-likeness (QED) is 0.857. The summed E-state index contributed by atoms with van der Waals surface area (Å²) < 4.78 is 13.8. The summed E-state index contributed by atoms with van der Waals surface area (Å²) in [4.78, 5) is 8.75. The molecule has 0 amide bonds. The van der Waals surface area contributed by atoms with E-state index >= 15 is 0 Å². The van der Waals surface area contributed by atoms with Crippen LogP contribution in [0.25, 0.3) is 11.4 Å². The molecule has 0 saturated carbocycles. The highest BCUT2D eigenvalue weighted by Crippen LogP contribution is 2.23. The van der Waals surface area contributed by atoms with Crippen LogP contribution in [0.3, 0.4) is 0 Å². The molecule has 0 fully saturated rings. The average molecular weight is 357 g/mol. The lowest BCUT2D eigenvalue weighted by molar-refractivity contribution is 0.628. The van der Waals surface area contributed by atoms with E-state index in [-0.39, 0.29) is 5.82 Å². The van der Waals surface area contributed by atoms with E-state index in [1.54, 1.807) is 12.1 Å². The van der Waals surface area contributed by atoms with E-state index in [9.17, 15) is 4.39 Å². The molecule has 0 spiro atoms. The third kappa shape index (κ3) is 2.77. The second-order valence-corrected chi connectivity index (χ2v) is 5.03. The van der Waals surface area contributed by atoms with E-state index in [1.807, 2.05) is 0 Å². The largest absolute Gasteiger partial charge is 0.383 e. The van der Waals surface area contributed by atoms with Gasteiger partial charge in [-0.2, -0.15) is 0 Å². The fourth-order valence-electron chi connectivity index (χ4n) is 1.64. The van der Waals surface area contributed by atoms with Gasteiger partial charge in [-0.05, 0) is 53.3 Å². The Kier molecular flexibility index (Phi) is 4.11. The zero-order chi connectivity index (χ0) is 13.1. The fourth-order valence-corrected chi connectivity index (χ4v) is 2.15. The lowest BCUT2D eigenvalue weighted by Crippen LogP contribution is -2.05. The van der Waals surface area contributed by atoms with Gasteiger partial charge in [-0.25, -0.2) is 14.4 Å². The highest BCUT2D eigenvalue weighted by molar-refractivity contribution is 14.1. The smallest absolute Gasteiger partial charge is 0.161 e. The third-order valence-corrected chi connectivity index (χ3v) is 3.71.